The van der Waals surface area contributed by atoms with Crippen molar-refractivity contribution in [3.05, 3.63) is 24.3 Å². The molecule has 0 fully saturated rings. The van der Waals surface area contributed by atoms with Gasteiger partial charge in [0, 0.05) is 17.3 Å². The van der Waals surface area contributed by atoms with Gasteiger partial charge in [-0.15, -0.1) is 0 Å². The maximum Gasteiger partial charge on any atom is 0.320 e. The van der Waals surface area contributed by atoms with Crippen molar-refractivity contribution in [1.29, 1.82) is 0 Å². The Bertz CT molecular complexity index is 640. The van der Waals surface area contributed by atoms with E-state index in [1.807, 2.05) is 24.3 Å². The Balaban J connectivity index is 2.17. The average Bonchev–Trinajstić information content (AvgIpc) is 3.30. The zero-order valence-electron chi connectivity index (χ0n) is 18.6. The van der Waals surface area contributed by atoms with Gasteiger partial charge in [-0.1, -0.05) is 24.3 Å². The zero-order valence-corrected chi connectivity index (χ0v) is 18.6. The van der Waals surface area contributed by atoms with Gasteiger partial charge in [-0.25, -0.2) is 0 Å². The Kier molecular flexibility index (Phi) is 8.83. The van der Waals surface area contributed by atoms with Gasteiger partial charge >= 0.3 is 23.9 Å². The van der Waals surface area contributed by atoms with Crippen molar-refractivity contribution in [2.75, 3.05) is 26.4 Å². The lowest BCUT2D eigenvalue weighted by Gasteiger charge is -2.27. The van der Waals surface area contributed by atoms with Gasteiger partial charge in [-0.3, -0.25) is 19.2 Å². The second kappa shape index (κ2) is 11.1. The Hall–Kier alpha value is -2.64. The van der Waals surface area contributed by atoms with E-state index < -0.39 is 53.0 Å². The molecule has 0 N–H and O–H groups in total. The average molecular weight is 437 g/mol. The van der Waals surface area contributed by atoms with E-state index in [-0.39, 0.29) is 26.4 Å². The van der Waals surface area contributed by atoms with Crippen LogP contribution in [0, 0.1) is 29.1 Å². The molecule has 0 heterocycles. The summed E-state index contributed by atoms with van der Waals surface area (Å²) in [6.07, 6.45) is 8.48. The topological polar surface area (TPSA) is 105 Å². The van der Waals surface area contributed by atoms with Crippen LogP contribution < -0.4 is 0 Å². The van der Waals surface area contributed by atoms with Crippen LogP contribution >= 0.6 is 0 Å². The number of carbonyl (C=O) groups is 4. The van der Waals surface area contributed by atoms with E-state index in [9.17, 15) is 19.2 Å². The third-order valence-corrected chi connectivity index (χ3v) is 5.60. The lowest BCUT2D eigenvalue weighted by atomic mass is 9.77. The molecule has 0 aromatic carbocycles. The highest BCUT2D eigenvalue weighted by molar-refractivity contribution is 5.96. The predicted octanol–water partition coefficient (Wildman–Crippen LogP) is 2.61. The second-order valence-electron chi connectivity index (χ2n) is 7.65. The third kappa shape index (κ3) is 5.74. The molecule has 2 aliphatic carbocycles. The first-order chi connectivity index (χ1) is 14.8. The van der Waals surface area contributed by atoms with Crippen LogP contribution in [0.2, 0.25) is 0 Å². The van der Waals surface area contributed by atoms with E-state index in [0.29, 0.717) is 12.8 Å². The molecule has 2 rings (SSSR count). The highest BCUT2D eigenvalue weighted by Gasteiger charge is 2.48. The number of rotatable bonds is 10. The largest absolute Gasteiger partial charge is 0.465 e. The van der Waals surface area contributed by atoms with E-state index in [0.717, 1.165) is 0 Å². The van der Waals surface area contributed by atoms with Crippen LogP contribution in [-0.4, -0.2) is 50.3 Å². The molecule has 0 aromatic rings. The molecule has 2 aliphatic rings. The summed E-state index contributed by atoms with van der Waals surface area (Å²) >= 11 is 0. The molecule has 0 saturated carbocycles. The number of ether oxygens (including phenoxy) is 4. The van der Waals surface area contributed by atoms with Crippen LogP contribution in [0.3, 0.4) is 0 Å². The zero-order chi connectivity index (χ0) is 23.0. The minimum absolute atomic E-state index is 0.166. The molecule has 31 heavy (non-hydrogen) atoms. The van der Waals surface area contributed by atoms with Crippen molar-refractivity contribution in [3.63, 3.8) is 0 Å². The van der Waals surface area contributed by atoms with Crippen molar-refractivity contribution in [2.45, 2.75) is 40.5 Å². The number of esters is 4. The smallest absolute Gasteiger partial charge is 0.320 e. The van der Waals surface area contributed by atoms with Crippen LogP contribution in [0.5, 0.6) is 0 Å². The lowest BCUT2D eigenvalue weighted by molar-refractivity contribution is -0.165. The van der Waals surface area contributed by atoms with Crippen LogP contribution in [0.25, 0.3) is 0 Å². The summed E-state index contributed by atoms with van der Waals surface area (Å²) in [4.78, 5) is 49.8. The maximum absolute atomic E-state index is 12.4. The molecule has 8 nitrogen and oxygen atoms in total. The standard InChI is InChI=1S/C23H32O8/c1-5-28-19(24)17(20(25)29-6-2)15-9-11-23(13-15)12-10-16(14-23)18(21(26)30-7-3)22(27)31-8-4/h9-12,15-18H,5-8,13-14H2,1-4H3/t15-,16-,23?/m1/s1. The highest BCUT2D eigenvalue weighted by Crippen LogP contribution is 2.50. The summed E-state index contributed by atoms with van der Waals surface area (Å²) < 4.78 is 20.4. The molecular formula is C23H32O8. The summed E-state index contributed by atoms with van der Waals surface area (Å²) in [6, 6.07) is 0. The van der Waals surface area contributed by atoms with Crippen LogP contribution in [0.1, 0.15) is 40.5 Å². The van der Waals surface area contributed by atoms with Crippen LogP contribution in [0.4, 0.5) is 0 Å². The minimum atomic E-state index is -1.05. The summed E-state index contributed by atoms with van der Waals surface area (Å²) in [5.74, 6) is -5.33. The lowest BCUT2D eigenvalue weighted by Crippen LogP contribution is -2.35. The van der Waals surface area contributed by atoms with Gasteiger partial charge in [0.05, 0.1) is 26.4 Å². The van der Waals surface area contributed by atoms with Crippen LogP contribution in [-0.2, 0) is 38.1 Å². The van der Waals surface area contributed by atoms with Crippen LogP contribution in [0.15, 0.2) is 24.3 Å². The van der Waals surface area contributed by atoms with Gasteiger partial charge in [-0.05, 0) is 40.5 Å². The molecule has 0 saturated heterocycles. The van der Waals surface area contributed by atoms with E-state index in [4.69, 9.17) is 18.9 Å². The number of carbonyl (C=O) groups excluding carboxylic acids is 4. The minimum Gasteiger partial charge on any atom is -0.465 e. The first kappa shape index (κ1) is 24.6. The summed E-state index contributed by atoms with van der Waals surface area (Å²) in [5.41, 5.74) is -0.468. The fraction of sp³-hybridized carbons (Fsp3) is 0.652. The highest BCUT2D eigenvalue weighted by atomic mass is 16.6. The first-order valence-electron chi connectivity index (χ1n) is 10.9. The van der Waals surface area contributed by atoms with E-state index >= 15 is 0 Å². The normalized spacial score (nSPS) is 21.0. The van der Waals surface area contributed by atoms with E-state index in [1.54, 1.807) is 27.7 Å². The number of hydrogen-bond donors (Lipinski definition) is 0. The molecule has 0 aromatic heterocycles. The molecule has 0 amide bonds. The Morgan fingerprint density at radius 2 is 0.968 bits per heavy atom. The van der Waals surface area contributed by atoms with E-state index in [2.05, 4.69) is 0 Å². The SMILES string of the molecule is CCOC(=O)C(C(=O)OCC)[C@@H]1C=CC2(C=C[C@@H](C(C(=O)OCC)C(=O)OCC)C2)C1. The molecule has 0 aliphatic heterocycles. The monoisotopic (exact) mass is 436 g/mol. The first-order valence-corrected chi connectivity index (χ1v) is 10.9. The van der Waals surface area contributed by atoms with Gasteiger partial charge in [0.25, 0.3) is 0 Å². The van der Waals surface area contributed by atoms with Crippen molar-refractivity contribution in [3.8, 4) is 0 Å². The van der Waals surface area contributed by atoms with Crippen molar-refractivity contribution in [2.24, 2.45) is 29.1 Å². The van der Waals surface area contributed by atoms with Gasteiger partial charge in [0.2, 0.25) is 0 Å². The molecule has 1 spiro atoms. The molecule has 8 heteroatoms. The van der Waals surface area contributed by atoms with Gasteiger partial charge in [0.15, 0.2) is 11.8 Å². The van der Waals surface area contributed by atoms with Crippen molar-refractivity contribution >= 4 is 23.9 Å². The quantitative estimate of drug-likeness (QED) is 0.223. The summed E-state index contributed by atoms with van der Waals surface area (Å²) in [6.45, 7) is 7.39. The molecule has 172 valence electrons. The van der Waals surface area contributed by atoms with Gasteiger partial charge < -0.3 is 18.9 Å². The van der Waals surface area contributed by atoms with E-state index in [1.165, 1.54) is 0 Å². The second-order valence-corrected chi connectivity index (χ2v) is 7.65. The van der Waals surface area contributed by atoms with Gasteiger partial charge in [-0.2, -0.15) is 0 Å². The Labute approximate surface area is 182 Å². The predicted molar refractivity (Wildman–Crippen MR) is 110 cm³/mol. The van der Waals surface area contributed by atoms with Gasteiger partial charge in [0.1, 0.15) is 0 Å². The fourth-order valence-electron chi connectivity index (χ4n) is 4.33. The Morgan fingerprint density at radius 1 is 0.677 bits per heavy atom. The molecule has 0 unspecified atom stereocenters. The number of hydrogen-bond acceptors (Lipinski definition) is 8. The molecular weight excluding hydrogens is 404 g/mol. The fourth-order valence-corrected chi connectivity index (χ4v) is 4.33. The molecule has 0 bridgehead atoms. The molecule has 0 radical (unpaired) electrons. The van der Waals surface area contributed by atoms with Crippen molar-refractivity contribution < 1.29 is 38.1 Å². The van der Waals surface area contributed by atoms with Crippen molar-refractivity contribution in [1.82, 2.24) is 0 Å². The Morgan fingerprint density at radius 3 is 1.23 bits per heavy atom. The molecule has 2 atom stereocenters. The number of allylic oxidation sites excluding steroid dienone is 4. The third-order valence-electron chi connectivity index (χ3n) is 5.60. The maximum atomic E-state index is 12.4. The summed E-state index contributed by atoms with van der Waals surface area (Å²) in [7, 11) is 0. The summed E-state index contributed by atoms with van der Waals surface area (Å²) in [5, 5.41) is 0.